The molecule has 2 aliphatic rings. The predicted octanol–water partition coefficient (Wildman–Crippen LogP) is 3.73. The van der Waals surface area contributed by atoms with Gasteiger partial charge in [-0.1, -0.05) is 56.8 Å². The van der Waals surface area contributed by atoms with Crippen LogP contribution in [0, 0.1) is 11.8 Å². The number of rotatable bonds is 5. The van der Waals surface area contributed by atoms with Crippen LogP contribution in [-0.2, 0) is 9.59 Å². The van der Waals surface area contributed by atoms with Gasteiger partial charge in [0.25, 0.3) is 5.91 Å². The van der Waals surface area contributed by atoms with Crippen LogP contribution in [0.4, 0.5) is 0 Å². The molecule has 1 N–H and O–H groups in total. The highest BCUT2D eigenvalue weighted by atomic mass is 35.5. The molecule has 2 atom stereocenters. The third-order valence-electron chi connectivity index (χ3n) is 6.51. The summed E-state index contributed by atoms with van der Waals surface area (Å²) >= 11 is 6.20. The molecule has 1 aromatic rings. The van der Waals surface area contributed by atoms with Gasteiger partial charge in [-0.2, -0.15) is 0 Å². The maximum Gasteiger partial charge on any atom is 0.255 e. The lowest BCUT2D eigenvalue weighted by atomic mass is 9.88. The number of halogens is 1. The van der Waals surface area contributed by atoms with E-state index in [0.29, 0.717) is 30.2 Å². The van der Waals surface area contributed by atoms with Crippen LogP contribution in [0.1, 0.15) is 63.2 Å². The van der Waals surface area contributed by atoms with Crippen molar-refractivity contribution in [3.63, 3.8) is 0 Å². The van der Waals surface area contributed by atoms with E-state index in [1.807, 2.05) is 20.8 Å². The van der Waals surface area contributed by atoms with Crippen molar-refractivity contribution in [1.82, 2.24) is 15.1 Å². The number of carbonyl (C=O) groups is 3. The molecule has 1 heterocycles. The zero-order chi connectivity index (χ0) is 22.5. The van der Waals surface area contributed by atoms with Gasteiger partial charge in [-0.25, -0.2) is 0 Å². The van der Waals surface area contributed by atoms with Crippen molar-refractivity contribution in [2.24, 2.45) is 11.8 Å². The molecule has 0 aromatic heterocycles. The Bertz CT molecular complexity index is 807. The first-order valence-corrected chi connectivity index (χ1v) is 11.8. The maximum absolute atomic E-state index is 13.3. The molecule has 31 heavy (non-hydrogen) atoms. The number of nitrogens with one attached hydrogen (secondary N) is 1. The highest BCUT2D eigenvalue weighted by molar-refractivity contribution is 6.33. The Morgan fingerprint density at radius 1 is 1.06 bits per heavy atom. The summed E-state index contributed by atoms with van der Waals surface area (Å²) in [6, 6.07) is 6.36. The molecule has 0 bridgehead atoms. The first-order chi connectivity index (χ1) is 14.8. The summed E-state index contributed by atoms with van der Waals surface area (Å²) in [5.74, 6) is -0.149. The summed E-state index contributed by atoms with van der Waals surface area (Å²) in [7, 11) is 0. The normalized spacial score (nSPS) is 21.1. The van der Waals surface area contributed by atoms with Crippen LogP contribution in [0.2, 0.25) is 5.02 Å². The fourth-order valence-corrected chi connectivity index (χ4v) is 4.81. The highest BCUT2D eigenvalue weighted by Crippen LogP contribution is 2.25. The zero-order valence-corrected chi connectivity index (χ0v) is 19.5. The number of nitrogens with zero attached hydrogens (tertiary/aromatic N) is 2. The predicted molar refractivity (Wildman–Crippen MR) is 122 cm³/mol. The Hall–Kier alpha value is -2.08. The summed E-state index contributed by atoms with van der Waals surface area (Å²) in [6.07, 6.45) is 5.16. The molecule has 2 unspecified atom stereocenters. The van der Waals surface area contributed by atoms with Crippen molar-refractivity contribution >= 4 is 29.3 Å². The van der Waals surface area contributed by atoms with E-state index in [0.717, 1.165) is 25.7 Å². The molecular weight excluding hydrogens is 414 g/mol. The summed E-state index contributed by atoms with van der Waals surface area (Å²) in [5.41, 5.74) is 0.482. The Labute approximate surface area is 190 Å². The Morgan fingerprint density at radius 3 is 2.35 bits per heavy atom. The summed E-state index contributed by atoms with van der Waals surface area (Å²) in [6.45, 7) is 7.20. The second-order valence-corrected chi connectivity index (χ2v) is 9.58. The minimum Gasteiger partial charge on any atom is -0.344 e. The molecule has 170 valence electrons. The molecule has 2 fully saturated rings. The van der Waals surface area contributed by atoms with E-state index in [-0.39, 0.29) is 35.6 Å². The molecule has 0 spiro atoms. The van der Waals surface area contributed by atoms with E-state index in [4.69, 9.17) is 11.6 Å². The largest absolute Gasteiger partial charge is 0.344 e. The molecule has 3 amide bonds. The van der Waals surface area contributed by atoms with Crippen molar-refractivity contribution in [2.45, 2.75) is 65.0 Å². The summed E-state index contributed by atoms with van der Waals surface area (Å²) in [4.78, 5) is 42.5. The van der Waals surface area contributed by atoms with E-state index >= 15 is 0 Å². The molecule has 7 heteroatoms. The van der Waals surface area contributed by atoms with Gasteiger partial charge in [0.05, 0.1) is 10.6 Å². The minimum atomic E-state index is -0.535. The number of carbonyl (C=O) groups excluding carboxylic acids is 3. The average Bonchev–Trinajstić information content (AvgIpc) is 2.77. The van der Waals surface area contributed by atoms with Crippen molar-refractivity contribution in [3.8, 4) is 0 Å². The van der Waals surface area contributed by atoms with Gasteiger partial charge in [0.15, 0.2) is 0 Å². The quantitative estimate of drug-likeness (QED) is 0.747. The van der Waals surface area contributed by atoms with Crippen molar-refractivity contribution < 1.29 is 14.4 Å². The Balaban J connectivity index is 1.63. The van der Waals surface area contributed by atoms with E-state index < -0.39 is 6.04 Å². The van der Waals surface area contributed by atoms with E-state index in [1.165, 1.54) is 6.42 Å². The van der Waals surface area contributed by atoms with Gasteiger partial charge in [0, 0.05) is 31.6 Å². The minimum absolute atomic E-state index is 0.00173. The summed E-state index contributed by atoms with van der Waals surface area (Å²) < 4.78 is 0. The van der Waals surface area contributed by atoms with Crippen LogP contribution in [0.15, 0.2) is 24.3 Å². The van der Waals surface area contributed by atoms with Gasteiger partial charge in [-0.15, -0.1) is 0 Å². The van der Waals surface area contributed by atoms with Crippen molar-refractivity contribution in [2.75, 3.05) is 19.6 Å². The average molecular weight is 448 g/mol. The third-order valence-corrected chi connectivity index (χ3v) is 6.84. The second kappa shape index (κ2) is 10.5. The number of hydrogen-bond acceptors (Lipinski definition) is 3. The van der Waals surface area contributed by atoms with Gasteiger partial charge in [-0.3, -0.25) is 14.4 Å². The van der Waals surface area contributed by atoms with Gasteiger partial charge in [0.1, 0.15) is 6.04 Å². The monoisotopic (exact) mass is 447 g/mol. The molecular formula is C24H34ClN3O3. The molecule has 0 radical (unpaired) electrons. The van der Waals surface area contributed by atoms with Crippen LogP contribution >= 0.6 is 11.6 Å². The second-order valence-electron chi connectivity index (χ2n) is 9.18. The maximum atomic E-state index is 13.3. The van der Waals surface area contributed by atoms with Crippen LogP contribution in [0.3, 0.4) is 0 Å². The molecule has 1 aliphatic heterocycles. The van der Waals surface area contributed by atoms with Gasteiger partial charge >= 0.3 is 0 Å². The standard InChI is InChI=1S/C24H34ClN3O3/c1-16(2)21(26-22(29)18-9-5-4-6-10-18)24(31)27-13-14-28(17(3)15-27)23(30)19-11-7-8-12-20(19)25/h7-8,11-12,16-18,21H,4-6,9-10,13-15H2,1-3H3,(H,26,29). The lowest BCUT2D eigenvalue weighted by Crippen LogP contribution is -2.60. The molecule has 1 aromatic carbocycles. The van der Waals surface area contributed by atoms with Crippen molar-refractivity contribution in [3.05, 3.63) is 34.9 Å². The van der Waals surface area contributed by atoms with E-state index in [1.54, 1.807) is 34.1 Å². The van der Waals surface area contributed by atoms with Crippen molar-refractivity contribution in [1.29, 1.82) is 0 Å². The molecule has 3 rings (SSSR count). The smallest absolute Gasteiger partial charge is 0.255 e. The highest BCUT2D eigenvalue weighted by Gasteiger charge is 2.36. The zero-order valence-electron chi connectivity index (χ0n) is 18.8. The first-order valence-electron chi connectivity index (χ1n) is 11.4. The fraction of sp³-hybridized carbons (Fsp3) is 0.625. The SMILES string of the molecule is CC(C)C(NC(=O)C1CCCCC1)C(=O)N1CCN(C(=O)c2ccccc2Cl)C(C)C1. The molecule has 1 saturated heterocycles. The molecule has 1 saturated carbocycles. The Kier molecular flexibility index (Phi) is 7.98. The molecule has 6 nitrogen and oxygen atoms in total. The topological polar surface area (TPSA) is 69.7 Å². The third kappa shape index (κ3) is 5.59. The van der Waals surface area contributed by atoms with Crippen LogP contribution in [0.25, 0.3) is 0 Å². The van der Waals surface area contributed by atoms with Gasteiger partial charge in [0.2, 0.25) is 11.8 Å². The lowest BCUT2D eigenvalue weighted by Gasteiger charge is -2.41. The number of hydrogen-bond donors (Lipinski definition) is 1. The first kappa shape index (κ1) is 23.6. The molecule has 1 aliphatic carbocycles. The number of benzene rings is 1. The Morgan fingerprint density at radius 2 is 1.74 bits per heavy atom. The van der Waals surface area contributed by atoms with Gasteiger partial charge in [-0.05, 0) is 37.8 Å². The summed E-state index contributed by atoms with van der Waals surface area (Å²) in [5, 5.41) is 3.47. The number of piperazine rings is 1. The van der Waals surface area contributed by atoms with Crippen LogP contribution in [0.5, 0.6) is 0 Å². The number of amides is 3. The van der Waals surface area contributed by atoms with Crippen LogP contribution in [-0.4, -0.2) is 59.2 Å². The van der Waals surface area contributed by atoms with Crippen LogP contribution < -0.4 is 5.32 Å². The van der Waals surface area contributed by atoms with E-state index in [2.05, 4.69) is 5.32 Å². The fourth-order valence-electron chi connectivity index (χ4n) is 4.60. The lowest BCUT2D eigenvalue weighted by molar-refractivity contribution is -0.140. The van der Waals surface area contributed by atoms with E-state index in [9.17, 15) is 14.4 Å². The van der Waals surface area contributed by atoms with Gasteiger partial charge < -0.3 is 15.1 Å².